The van der Waals surface area contributed by atoms with Crippen LogP contribution in [-0.4, -0.2) is 5.97 Å². The molecule has 0 aliphatic heterocycles. The molecule has 3 aromatic rings. The van der Waals surface area contributed by atoms with Gasteiger partial charge in [-0.15, -0.1) is 0 Å². The largest absolute Gasteiger partial charge is 0.401 e. The van der Waals surface area contributed by atoms with Crippen LogP contribution in [0.5, 0.6) is 0 Å². The second kappa shape index (κ2) is 6.86. The van der Waals surface area contributed by atoms with E-state index in [1.807, 2.05) is 31.2 Å². The highest BCUT2D eigenvalue weighted by Crippen LogP contribution is 2.45. The molecule has 3 aromatic carbocycles. The molecule has 0 heterocycles. The Morgan fingerprint density at radius 1 is 0.750 bits per heavy atom. The minimum atomic E-state index is -3.51. The zero-order valence-electron chi connectivity index (χ0n) is 13.3. The average molecular weight is 336 g/mol. The standard InChI is InChI=1S/C20H17O3P/c1-16-12-14-17(15-13-16)20(21)23-24(22,18-8-4-2-5-9-18)19-10-6-3-7-11-19/h2-15H,1H3. The molecule has 0 aliphatic rings. The fraction of sp³-hybridized carbons (Fsp3) is 0.0500. The number of carbonyl (C=O) groups is 1. The molecule has 0 N–H and O–H groups in total. The Hall–Kier alpha value is -2.64. The van der Waals surface area contributed by atoms with Gasteiger partial charge in [0.25, 0.3) is 0 Å². The molecule has 0 bridgehead atoms. The molecule has 0 aliphatic carbocycles. The van der Waals surface area contributed by atoms with E-state index in [0.29, 0.717) is 16.2 Å². The van der Waals surface area contributed by atoms with Gasteiger partial charge < -0.3 is 4.52 Å². The first-order valence-corrected chi connectivity index (χ1v) is 9.24. The van der Waals surface area contributed by atoms with Gasteiger partial charge >= 0.3 is 13.3 Å². The molecule has 0 aromatic heterocycles. The summed E-state index contributed by atoms with van der Waals surface area (Å²) in [5.41, 5.74) is 1.42. The van der Waals surface area contributed by atoms with Crippen LogP contribution in [0.3, 0.4) is 0 Å². The summed E-state index contributed by atoms with van der Waals surface area (Å²) >= 11 is 0. The molecule has 0 fully saturated rings. The Bertz CT molecular complexity index is 828. The minimum Gasteiger partial charge on any atom is -0.401 e. The lowest BCUT2D eigenvalue weighted by molar-refractivity contribution is 0.0747. The number of aryl methyl sites for hydroxylation is 1. The normalized spacial score (nSPS) is 11.0. The SMILES string of the molecule is Cc1ccc(C(=O)OP(=O)(c2ccccc2)c2ccccc2)cc1. The Kier molecular flexibility index (Phi) is 4.64. The van der Waals surface area contributed by atoms with Crippen LogP contribution in [0.1, 0.15) is 15.9 Å². The van der Waals surface area contributed by atoms with Gasteiger partial charge in [-0.25, -0.2) is 4.79 Å². The topological polar surface area (TPSA) is 43.4 Å². The number of hydrogen-bond donors (Lipinski definition) is 0. The molecule has 0 amide bonds. The molecule has 24 heavy (non-hydrogen) atoms. The highest BCUT2D eigenvalue weighted by atomic mass is 31.2. The minimum absolute atomic E-state index is 0.382. The summed E-state index contributed by atoms with van der Waals surface area (Å²) in [6.45, 7) is 1.94. The first kappa shape index (κ1) is 16.2. The van der Waals surface area contributed by atoms with Gasteiger partial charge in [0.2, 0.25) is 0 Å². The predicted octanol–water partition coefficient (Wildman–Crippen LogP) is 4.08. The molecule has 0 atom stereocenters. The van der Waals surface area contributed by atoms with Crippen molar-refractivity contribution in [2.75, 3.05) is 0 Å². The fourth-order valence-electron chi connectivity index (χ4n) is 2.36. The fourth-order valence-corrected chi connectivity index (χ4v) is 4.34. The van der Waals surface area contributed by atoms with Crippen molar-refractivity contribution in [1.82, 2.24) is 0 Å². The first-order chi connectivity index (χ1) is 11.6. The van der Waals surface area contributed by atoms with Crippen LogP contribution < -0.4 is 10.6 Å². The Morgan fingerprint density at radius 2 is 1.21 bits per heavy atom. The Balaban J connectivity index is 2.02. The number of rotatable bonds is 4. The lowest BCUT2D eigenvalue weighted by Crippen LogP contribution is -2.20. The van der Waals surface area contributed by atoms with Gasteiger partial charge in [-0.2, -0.15) is 0 Å². The van der Waals surface area contributed by atoms with Gasteiger partial charge in [-0.3, -0.25) is 4.57 Å². The van der Waals surface area contributed by atoms with Gasteiger partial charge in [0.15, 0.2) is 0 Å². The zero-order valence-corrected chi connectivity index (χ0v) is 14.1. The van der Waals surface area contributed by atoms with E-state index in [9.17, 15) is 9.36 Å². The van der Waals surface area contributed by atoms with Crippen LogP contribution in [-0.2, 0) is 9.09 Å². The van der Waals surface area contributed by atoms with Crippen LogP contribution in [0.2, 0.25) is 0 Å². The van der Waals surface area contributed by atoms with E-state index >= 15 is 0 Å². The molecule has 0 saturated heterocycles. The third kappa shape index (κ3) is 3.32. The summed E-state index contributed by atoms with van der Waals surface area (Å²) in [6.07, 6.45) is 0. The van der Waals surface area contributed by atoms with Crippen molar-refractivity contribution in [2.45, 2.75) is 6.92 Å². The number of carbonyl (C=O) groups excluding carboxylic acids is 1. The third-order valence-electron chi connectivity index (χ3n) is 3.69. The van der Waals surface area contributed by atoms with Gasteiger partial charge in [0, 0.05) is 0 Å². The lowest BCUT2D eigenvalue weighted by atomic mass is 10.2. The van der Waals surface area contributed by atoms with Crippen molar-refractivity contribution in [3.05, 3.63) is 96.1 Å². The number of hydrogen-bond acceptors (Lipinski definition) is 3. The Morgan fingerprint density at radius 3 is 1.67 bits per heavy atom. The monoisotopic (exact) mass is 336 g/mol. The Labute approximate surface area is 141 Å². The summed E-state index contributed by atoms with van der Waals surface area (Å²) in [7, 11) is -3.51. The van der Waals surface area contributed by atoms with E-state index in [0.717, 1.165) is 5.56 Å². The summed E-state index contributed by atoms with van der Waals surface area (Å²) in [6, 6.07) is 24.7. The summed E-state index contributed by atoms with van der Waals surface area (Å²) < 4.78 is 19.2. The van der Waals surface area contributed by atoms with Crippen LogP contribution >= 0.6 is 7.37 Å². The molecular formula is C20H17O3P. The van der Waals surface area contributed by atoms with E-state index in [1.54, 1.807) is 60.7 Å². The smallest absolute Gasteiger partial charge is 0.343 e. The van der Waals surface area contributed by atoms with Gasteiger partial charge in [-0.1, -0.05) is 54.1 Å². The predicted molar refractivity (Wildman–Crippen MR) is 96.4 cm³/mol. The lowest BCUT2D eigenvalue weighted by Gasteiger charge is -2.19. The van der Waals surface area contributed by atoms with E-state index in [2.05, 4.69) is 0 Å². The van der Waals surface area contributed by atoms with Gasteiger partial charge in [-0.05, 0) is 43.3 Å². The molecule has 0 unspecified atom stereocenters. The van der Waals surface area contributed by atoms with Crippen LogP contribution in [0.25, 0.3) is 0 Å². The van der Waals surface area contributed by atoms with Crippen LogP contribution in [0.4, 0.5) is 0 Å². The van der Waals surface area contributed by atoms with Crippen molar-refractivity contribution in [1.29, 1.82) is 0 Å². The second-order valence-electron chi connectivity index (χ2n) is 5.47. The van der Waals surface area contributed by atoms with Crippen molar-refractivity contribution in [3.63, 3.8) is 0 Å². The van der Waals surface area contributed by atoms with E-state index < -0.39 is 13.3 Å². The summed E-state index contributed by atoms with van der Waals surface area (Å²) in [4.78, 5) is 12.5. The molecule has 120 valence electrons. The molecule has 0 spiro atoms. The molecule has 0 radical (unpaired) electrons. The van der Waals surface area contributed by atoms with Gasteiger partial charge in [0.05, 0.1) is 16.2 Å². The maximum Gasteiger partial charge on any atom is 0.343 e. The molecule has 0 saturated carbocycles. The zero-order chi connectivity index (χ0) is 17.0. The van der Waals surface area contributed by atoms with Crippen molar-refractivity contribution in [2.24, 2.45) is 0 Å². The summed E-state index contributed by atoms with van der Waals surface area (Å²) in [5, 5.41) is 0.994. The van der Waals surface area contributed by atoms with Crippen LogP contribution in [0.15, 0.2) is 84.9 Å². The van der Waals surface area contributed by atoms with Crippen molar-refractivity contribution < 1.29 is 13.9 Å². The van der Waals surface area contributed by atoms with E-state index in [4.69, 9.17) is 4.52 Å². The molecular weight excluding hydrogens is 319 g/mol. The molecule has 4 heteroatoms. The van der Waals surface area contributed by atoms with Crippen molar-refractivity contribution >= 4 is 23.9 Å². The molecule has 3 nitrogen and oxygen atoms in total. The highest BCUT2D eigenvalue weighted by molar-refractivity contribution is 7.74. The quantitative estimate of drug-likeness (QED) is 0.674. The second-order valence-corrected chi connectivity index (χ2v) is 7.79. The maximum absolute atomic E-state index is 13.6. The maximum atomic E-state index is 13.6. The first-order valence-electron chi connectivity index (χ1n) is 7.61. The summed E-state index contributed by atoms with van der Waals surface area (Å²) in [5.74, 6) is -0.592. The van der Waals surface area contributed by atoms with E-state index in [-0.39, 0.29) is 0 Å². The van der Waals surface area contributed by atoms with E-state index in [1.165, 1.54) is 0 Å². The van der Waals surface area contributed by atoms with Crippen molar-refractivity contribution in [3.8, 4) is 0 Å². The highest BCUT2D eigenvalue weighted by Gasteiger charge is 2.32. The van der Waals surface area contributed by atoms with Gasteiger partial charge in [0.1, 0.15) is 0 Å². The molecule has 3 rings (SSSR count). The van der Waals surface area contributed by atoms with Crippen LogP contribution in [0, 0.1) is 6.92 Å². The number of benzene rings is 3. The third-order valence-corrected chi connectivity index (χ3v) is 6.07. The average Bonchev–Trinajstić information content (AvgIpc) is 2.63.